The Bertz CT molecular complexity index is 1560. The van der Waals surface area contributed by atoms with Crippen molar-refractivity contribution in [3.05, 3.63) is 81.6 Å². The predicted octanol–water partition coefficient (Wildman–Crippen LogP) is 5.73. The number of benzene rings is 2. The van der Waals surface area contributed by atoms with Gasteiger partial charge in [-0.15, -0.1) is 0 Å². The maximum Gasteiger partial charge on any atom is 0.133 e. The third kappa shape index (κ3) is 10.0. The molecule has 2 fully saturated rings. The number of aryl methyl sites for hydroxylation is 1. The Kier molecular flexibility index (Phi) is 13.1. The van der Waals surface area contributed by atoms with Gasteiger partial charge >= 0.3 is 0 Å². The van der Waals surface area contributed by atoms with Gasteiger partial charge in [-0.2, -0.15) is 0 Å². The topological polar surface area (TPSA) is 133 Å². The van der Waals surface area contributed by atoms with Crippen molar-refractivity contribution >= 4 is 29.0 Å². The van der Waals surface area contributed by atoms with Crippen LogP contribution in [-0.4, -0.2) is 87.8 Å². The standard InChI is InChI=1S/C38H48Cl2N2O7/c1-42(2)21-25(36(46)37(47)34(45)22-43)17-27(44)8-4-3-7-24-18-33(40)26(19-32(24)39)23-48-38(14-15-38)31-20-41-16-13-29(31)30-9-5-6-10-35(30)49-28-11-12-28/h5-6,9-10,13,16,18-20,25,28,34,36-37,43,45-47H,3-4,7-8,11-12,14-15,17,21-23H2,1-2H3/t25-,34+,36+,37+/m0/s1. The Balaban J connectivity index is 1.15. The number of para-hydroxylation sites is 1. The zero-order valence-corrected chi connectivity index (χ0v) is 29.7. The van der Waals surface area contributed by atoms with Gasteiger partial charge in [0.2, 0.25) is 0 Å². The molecule has 0 saturated heterocycles. The van der Waals surface area contributed by atoms with Crippen LogP contribution in [0.2, 0.25) is 10.0 Å². The van der Waals surface area contributed by atoms with E-state index < -0.39 is 36.4 Å². The monoisotopic (exact) mass is 714 g/mol. The van der Waals surface area contributed by atoms with Gasteiger partial charge in [0.05, 0.1) is 31.0 Å². The first-order chi connectivity index (χ1) is 23.5. The zero-order valence-electron chi connectivity index (χ0n) is 28.2. The summed E-state index contributed by atoms with van der Waals surface area (Å²) in [6.45, 7) is -0.0353. The van der Waals surface area contributed by atoms with Gasteiger partial charge in [-0.3, -0.25) is 9.78 Å². The van der Waals surface area contributed by atoms with E-state index in [1.165, 1.54) is 0 Å². The third-order valence-electron chi connectivity index (χ3n) is 9.39. The fourth-order valence-electron chi connectivity index (χ4n) is 6.31. The molecule has 2 aromatic carbocycles. The number of pyridine rings is 1. The molecule has 4 N–H and O–H groups in total. The fourth-order valence-corrected chi connectivity index (χ4v) is 6.83. The molecule has 49 heavy (non-hydrogen) atoms. The Morgan fingerprint density at radius 2 is 1.71 bits per heavy atom. The smallest absolute Gasteiger partial charge is 0.133 e. The highest BCUT2D eigenvalue weighted by Gasteiger charge is 2.48. The number of aliphatic hydroxyl groups excluding tert-OH is 4. The lowest BCUT2D eigenvalue weighted by Crippen LogP contribution is -2.46. The van der Waals surface area contributed by atoms with Crippen LogP contribution in [0.4, 0.5) is 0 Å². The summed E-state index contributed by atoms with van der Waals surface area (Å²) < 4.78 is 12.8. The van der Waals surface area contributed by atoms with Crippen molar-refractivity contribution in [2.24, 2.45) is 5.92 Å². The molecule has 266 valence electrons. The number of carbonyl (C=O) groups is 1. The number of unbranched alkanes of at least 4 members (excludes halogenated alkanes) is 1. The van der Waals surface area contributed by atoms with Gasteiger partial charge in [0.15, 0.2) is 0 Å². The molecule has 0 radical (unpaired) electrons. The van der Waals surface area contributed by atoms with Crippen LogP contribution < -0.4 is 4.74 Å². The van der Waals surface area contributed by atoms with Crippen molar-refractivity contribution in [2.75, 3.05) is 27.2 Å². The van der Waals surface area contributed by atoms with E-state index >= 15 is 0 Å². The van der Waals surface area contributed by atoms with Gasteiger partial charge < -0.3 is 34.8 Å². The van der Waals surface area contributed by atoms with E-state index in [4.69, 9.17) is 37.8 Å². The zero-order chi connectivity index (χ0) is 35.1. The molecule has 1 aromatic heterocycles. The SMILES string of the molecule is CN(C)C[C@H](CC(=O)CCCCc1cc(Cl)c(COC2(c3cnccc3-c3ccccc3OC3CC3)CC2)cc1Cl)[C@@H](O)[C@H](O)[C@H](O)CO. The number of ether oxygens (including phenoxy) is 2. The van der Waals surface area contributed by atoms with E-state index in [1.807, 2.05) is 47.5 Å². The Morgan fingerprint density at radius 1 is 1.00 bits per heavy atom. The molecule has 0 amide bonds. The molecular formula is C38H48Cl2N2O7. The Morgan fingerprint density at radius 3 is 2.41 bits per heavy atom. The van der Waals surface area contributed by atoms with Crippen molar-refractivity contribution in [1.82, 2.24) is 9.88 Å². The Hall–Kier alpha value is -2.60. The van der Waals surface area contributed by atoms with Gasteiger partial charge in [-0.25, -0.2) is 0 Å². The number of carbonyl (C=O) groups excluding carboxylic acids is 1. The first-order valence-corrected chi connectivity index (χ1v) is 17.9. The fraction of sp³-hybridized carbons (Fsp3) is 0.526. The Labute approximate surface area is 298 Å². The number of ketones is 1. The lowest BCUT2D eigenvalue weighted by atomic mass is 9.89. The van der Waals surface area contributed by atoms with Crippen molar-refractivity contribution in [3.63, 3.8) is 0 Å². The van der Waals surface area contributed by atoms with E-state index in [0.29, 0.717) is 48.9 Å². The summed E-state index contributed by atoms with van der Waals surface area (Å²) in [5.41, 5.74) is 4.37. The minimum absolute atomic E-state index is 0.0436. The maximum atomic E-state index is 12.8. The van der Waals surface area contributed by atoms with Crippen molar-refractivity contribution in [1.29, 1.82) is 0 Å². The summed E-state index contributed by atoms with van der Waals surface area (Å²) in [4.78, 5) is 19.1. The summed E-state index contributed by atoms with van der Waals surface area (Å²) in [5, 5.41) is 40.8. The predicted molar refractivity (Wildman–Crippen MR) is 190 cm³/mol. The summed E-state index contributed by atoms with van der Waals surface area (Å²) in [6.07, 6.45) is 5.88. The molecule has 0 unspecified atom stereocenters. The highest BCUT2D eigenvalue weighted by atomic mass is 35.5. The first-order valence-electron chi connectivity index (χ1n) is 17.1. The number of halogens is 2. The molecule has 11 heteroatoms. The average Bonchev–Trinajstić information content (AvgIpc) is 4.03. The average molecular weight is 716 g/mol. The summed E-state index contributed by atoms with van der Waals surface area (Å²) in [7, 11) is 3.61. The van der Waals surface area contributed by atoms with E-state index in [0.717, 1.165) is 59.3 Å². The molecule has 2 saturated carbocycles. The highest BCUT2D eigenvalue weighted by Crippen LogP contribution is 2.53. The van der Waals surface area contributed by atoms with Gasteiger partial charge in [-0.05, 0) is 100.0 Å². The summed E-state index contributed by atoms with van der Waals surface area (Å²) in [5.74, 6) is 0.251. The third-order valence-corrected chi connectivity index (χ3v) is 10.1. The van der Waals surface area contributed by atoms with Crippen LogP contribution in [0.3, 0.4) is 0 Å². The second-order valence-electron chi connectivity index (χ2n) is 13.8. The van der Waals surface area contributed by atoms with Crippen LogP contribution in [0.15, 0.2) is 54.9 Å². The van der Waals surface area contributed by atoms with Crippen LogP contribution in [0.1, 0.15) is 68.1 Å². The second kappa shape index (κ2) is 17.1. The molecule has 4 atom stereocenters. The lowest BCUT2D eigenvalue weighted by Gasteiger charge is -2.30. The number of Topliss-reactive ketones (excluding diaryl/α,β-unsaturated/α-hetero) is 1. The van der Waals surface area contributed by atoms with Crippen LogP contribution >= 0.6 is 23.2 Å². The van der Waals surface area contributed by atoms with Gasteiger partial charge in [0.1, 0.15) is 23.7 Å². The minimum Gasteiger partial charge on any atom is -0.490 e. The quantitative estimate of drug-likeness (QED) is 0.108. The van der Waals surface area contributed by atoms with Gasteiger partial charge in [0, 0.05) is 58.9 Å². The van der Waals surface area contributed by atoms with Crippen molar-refractivity contribution in [3.8, 4) is 16.9 Å². The lowest BCUT2D eigenvalue weighted by molar-refractivity contribution is -0.125. The van der Waals surface area contributed by atoms with E-state index in [9.17, 15) is 20.1 Å². The number of hydrogen-bond acceptors (Lipinski definition) is 9. The maximum absolute atomic E-state index is 12.8. The number of hydrogen-bond donors (Lipinski definition) is 4. The van der Waals surface area contributed by atoms with Crippen LogP contribution in [-0.2, 0) is 28.2 Å². The van der Waals surface area contributed by atoms with Crippen molar-refractivity contribution in [2.45, 2.75) is 94.4 Å². The molecule has 0 aliphatic heterocycles. The van der Waals surface area contributed by atoms with Gasteiger partial charge in [-0.1, -0.05) is 41.4 Å². The molecule has 5 rings (SSSR count). The minimum atomic E-state index is -1.54. The van der Waals surface area contributed by atoms with E-state index in [-0.39, 0.29) is 18.3 Å². The molecule has 2 aliphatic carbocycles. The van der Waals surface area contributed by atoms with Crippen molar-refractivity contribution < 1.29 is 34.7 Å². The second-order valence-corrected chi connectivity index (χ2v) is 14.6. The van der Waals surface area contributed by atoms with E-state index in [2.05, 4.69) is 11.1 Å². The largest absolute Gasteiger partial charge is 0.490 e. The molecule has 9 nitrogen and oxygen atoms in total. The number of aromatic nitrogens is 1. The molecule has 2 aliphatic rings. The van der Waals surface area contributed by atoms with Crippen LogP contribution in [0.5, 0.6) is 5.75 Å². The normalized spacial score (nSPS) is 17.8. The summed E-state index contributed by atoms with van der Waals surface area (Å²) >= 11 is 13.5. The first kappa shape index (κ1) is 37.7. The highest BCUT2D eigenvalue weighted by molar-refractivity contribution is 6.34. The van der Waals surface area contributed by atoms with Gasteiger partial charge in [0.25, 0.3) is 0 Å². The summed E-state index contributed by atoms with van der Waals surface area (Å²) in [6, 6.07) is 13.9. The molecular weight excluding hydrogens is 667 g/mol. The van der Waals surface area contributed by atoms with Crippen LogP contribution in [0.25, 0.3) is 11.1 Å². The molecule has 0 spiro atoms. The number of aliphatic hydroxyl groups is 4. The van der Waals surface area contributed by atoms with Crippen LogP contribution in [0, 0.1) is 5.92 Å². The molecule has 1 heterocycles. The number of rotatable bonds is 20. The number of nitrogens with zero attached hydrogens (tertiary/aromatic N) is 2. The molecule has 3 aromatic rings. The van der Waals surface area contributed by atoms with E-state index in [1.54, 1.807) is 20.3 Å². The molecule has 0 bridgehead atoms.